The Kier molecular flexibility index (Phi) is 3.83. The van der Waals surface area contributed by atoms with Crippen LogP contribution in [0.3, 0.4) is 0 Å². The van der Waals surface area contributed by atoms with E-state index in [1.54, 1.807) is 0 Å². The van der Waals surface area contributed by atoms with Gasteiger partial charge in [-0.25, -0.2) is 0 Å². The molecular weight excluding hydrogens is 293 g/mol. The number of furan rings is 1. The minimum Gasteiger partial charge on any atom is -0.454 e. The van der Waals surface area contributed by atoms with E-state index in [1.165, 1.54) is 6.42 Å². The molecule has 1 atom stereocenters. The maximum atomic E-state index is 5.44. The third kappa shape index (κ3) is 2.96. The molecule has 14 heavy (non-hydrogen) atoms. The van der Waals surface area contributed by atoms with Crippen LogP contribution < -0.4 is 5.32 Å². The summed E-state index contributed by atoms with van der Waals surface area (Å²) >= 11 is 2.18. The molecule has 1 saturated heterocycles. The molecule has 0 aromatic carbocycles. The first kappa shape index (κ1) is 10.4. The molecular formula is C10H14INO2. The van der Waals surface area contributed by atoms with Gasteiger partial charge in [0.15, 0.2) is 3.77 Å². The van der Waals surface area contributed by atoms with Gasteiger partial charge in [-0.15, -0.1) is 0 Å². The van der Waals surface area contributed by atoms with Crippen LogP contribution in [0.4, 0.5) is 0 Å². The highest BCUT2D eigenvalue weighted by molar-refractivity contribution is 14.1. The van der Waals surface area contributed by atoms with Crippen LogP contribution in [0, 0.1) is 9.68 Å². The normalized spacial score (nSPS) is 21.6. The van der Waals surface area contributed by atoms with Crippen LogP contribution in [0.15, 0.2) is 16.5 Å². The molecule has 1 aliphatic heterocycles. The fourth-order valence-corrected chi connectivity index (χ4v) is 2.05. The van der Waals surface area contributed by atoms with Gasteiger partial charge in [-0.2, -0.15) is 0 Å². The van der Waals surface area contributed by atoms with E-state index >= 15 is 0 Å². The Morgan fingerprint density at radius 2 is 2.43 bits per heavy atom. The summed E-state index contributed by atoms with van der Waals surface area (Å²) in [6, 6.07) is 4.00. The molecule has 1 aromatic rings. The van der Waals surface area contributed by atoms with Crippen LogP contribution in [0.1, 0.15) is 12.2 Å². The van der Waals surface area contributed by atoms with Crippen LogP contribution in [0.5, 0.6) is 0 Å². The number of halogens is 1. The Balaban J connectivity index is 1.67. The third-order valence-electron chi connectivity index (χ3n) is 2.39. The predicted molar refractivity (Wildman–Crippen MR) is 62.1 cm³/mol. The molecule has 0 radical (unpaired) electrons. The summed E-state index contributed by atoms with van der Waals surface area (Å²) in [5.41, 5.74) is 0. The SMILES string of the molecule is Ic1ccc(CNCC2CCOC2)o1. The summed E-state index contributed by atoms with van der Waals surface area (Å²) in [5, 5.41) is 3.38. The van der Waals surface area contributed by atoms with Crippen molar-refractivity contribution < 1.29 is 9.15 Å². The largest absolute Gasteiger partial charge is 0.454 e. The first-order chi connectivity index (χ1) is 6.84. The van der Waals surface area contributed by atoms with Gasteiger partial charge in [0.05, 0.1) is 13.2 Å². The third-order valence-corrected chi connectivity index (χ3v) is 2.96. The summed E-state index contributed by atoms with van der Waals surface area (Å²) in [5.74, 6) is 1.69. The Bertz CT molecular complexity index is 281. The van der Waals surface area contributed by atoms with E-state index in [0.717, 1.165) is 35.8 Å². The van der Waals surface area contributed by atoms with Crippen molar-refractivity contribution in [1.82, 2.24) is 5.32 Å². The zero-order chi connectivity index (χ0) is 9.80. The van der Waals surface area contributed by atoms with E-state index in [-0.39, 0.29) is 0 Å². The summed E-state index contributed by atoms with van der Waals surface area (Å²) in [4.78, 5) is 0. The van der Waals surface area contributed by atoms with Crippen molar-refractivity contribution in [2.75, 3.05) is 19.8 Å². The zero-order valence-corrected chi connectivity index (χ0v) is 10.1. The van der Waals surface area contributed by atoms with Gasteiger partial charge in [-0.3, -0.25) is 0 Å². The quantitative estimate of drug-likeness (QED) is 0.864. The lowest BCUT2D eigenvalue weighted by Crippen LogP contribution is -2.22. The van der Waals surface area contributed by atoms with Crippen LogP contribution in [-0.2, 0) is 11.3 Å². The van der Waals surface area contributed by atoms with E-state index in [2.05, 4.69) is 27.9 Å². The minimum absolute atomic E-state index is 0.684. The van der Waals surface area contributed by atoms with Gasteiger partial charge in [0, 0.05) is 13.2 Å². The van der Waals surface area contributed by atoms with Crippen molar-refractivity contribution >= 4 is 22.6 Å². The molecule has 0 bridgehead atoms. The molecule has 0 spiro atoms. The number of hydrogen-bond donors (Lipinski definition) is 1. The van der Waals surface area contributed by atoms with Gasteiger partial charge in [-0.05, 0) is 47.1 Å². The molecule has 2 heterocycles. The minimum atomic E-state index is 0.684. The van der Waals surface area contributed by atoms with Gasteiger partial charge in [0.1, 0.15) is 5.76 Å². The molecule has 4 heteroatoms. The topological polar surface area (TPSA) is 34.4 Å². The average Bonchev–Trinajstić information content (AvgIpc) is 2.77. The van der Waals surface area contributed by atoms with Gasteiger partial charge in [-0.1, -0.05) is 0 Å². The average molecular weight is 307 g/mol. The van der Waals surface area contributed by atoms with Gasteiger partial charge in [0.25, 0.3) is 0 Å². The summed E-state index contributed by atoms with van der Waals surface area (Å²) in [7, 11) is 0. The second-order valence-electron chi connectivity index (χ2n) is 3.57. The first-order valence-electron chi connectivity index (χ1n) is 4.87. The highest BCUT2D eigenvalue weighted by Crippen LogP contribution is 2.12. The molecule has 1 N–H and O–H groups in total. The van der Waals surface area contributed by atoms with Gasteiger partial charge < -0.3 is 14.5 Å². The molecule has 1 fully saturated rings. The van der Waals surface area contributed by atoms with Crippen molar-refractivity contribution in [3.63, 3.8) is 0 Å². The smallest absolute Gasteiger partial charge is 0.164 e. The second kappa shape index (κ2) is 5.14. The molecule has 0 aliphatic carbocycles. The number of hydrogen-bond acceptors (Lipinski definition) is 3. The summed E-state index contributed by atoms with van der Waals surface area (Å²) in [6.45, 7) is 3.67. The van der Waals surface area contributed by atoms with Crippen LogP contribution in [0.25, 0.3) is 0 Å². The Morgan fingerprint density at radius 1 is 1.50 bits per heavy atom. The van der Waals surface area contributed by atoms with E-state index in [0.29, 0.717) is 5.92 Å². The molecule has 3 nitrogen and oxygen atoms in total. The summed E-state index contributed by atoms with van der Waals surface area (Å²) in [6.07, 6.45) is 1.18. The van der Waals surface area contributed by atoms with Crippen LogP contribution in [0.2, 0.25) is 0 Å². The van der Waals surface area contributed by atoms with Crippen molar-refractivity contribution in [2.45, 2.75) is 13.0 Å². The van der Waals surface area contributed by atoms with E-state index in [1.807, 2.05) is 12.1 Å². The van der Waals surface area contributed by atoms with Gasteiger partial charge in [0.2, 0.25) is 0 Å². The van der Waals surface area contributed by atoms with Crippen molar-refractivity contribution in [3.8, 4) is 0 Å². The number of rotatable bonds is 4. The maximum absolute atomic E-state index is 5.44. The van der Waals surface area contributed by atoms with E-state index in [9.17, 15) is 0 Å². The molecule has 1 unspecified atom stereocenters. The Labute approximate surface area is 97.3 Å². The number of nitrogens with one attached hydrogen (secondary N) is 1. The second-order valence-corrected chi connectivity index (χ2v) is 4.63. The lowest BCUT2D eigenvalue weighted by molar-refractivity contribution is 0.185. The molecule has 1 aromatic heterocycles. The molecule has 0 saturated carbocycles. The zero-order valence-electron chi connectivity index (χ0n) is 7.96. The highest BCUT2D eigenvalue weighted by Gasteiger charge is 2.14. The predicted octanol–water partition coefficient (Wildman–Crippen LogP) is 2.01. The Hall–Kier alpha value is -0.0700. The molecule has 0 amide bonds. The fourth-order valence-electron chi connectivity index (χ4n) is 1.59. The molecule has 2 rings (SSSR count). The fraction of sp³-hybridized carbons (Fsp3) is 0.600. The first-order valence-corrected chi connectivity index (χ1v) is 5.95. The Morgan fingerprint density at radius 3 is 3.07 bits per heavy atom. The maximum Gasteiger partial charge on any atom is 0.164 e. The van der Waals surface area contributed by atoms with E-state index < -0.39 is 0 Å². The van der Waals surface area contributed by atoms with Crippen molar-refractivity contribution in [2.24, 2.45) is 5.92 Å². The number of ether oxygens (including phenoxy) is 1. The summed E-state index contributed by atoms with van der Waals surface area (Å²) < 4.78 is 11.7. The highest BCUT2D eigenvalue weighted by atomic mass is 127. The van der Waals surface area contributed by atoms with Crippen LogP contribution in [-0.4, -0.2) is 19.8 Å². The van der Waals surface area contributed by atoms with Crippen molar-refractivity contribution in [3.05, 3.63) is 21.7 Å². The molecule has 78 valence electrons. The standard InChI is InChI=1S/C10H14INO2/c11-10-2-1-9(14-10)6-12-5-8-3-4-13-7-8/h1-2,8,12H,3-7H2. The van der Waals surface area contributed by atoms with Crippen molar-refractivity contribution in [1.29, 1.82) is 0 Å². The van der Waals surface area contributed by atoms with E-state index in [4.69, 9.17) is 9.15 Å². The monoisotopic (exact) mass is 307 g/mol. The lowest BCUT2D eigenvalue weighted by atomic mass is 10.1. The lowest BCUT2D eigenvalue weighted by Gasteiger charge is -2.07. The molecule has 1 aliphatic rings. The van der Waals surface area contributed by atoms with Gasteiger partial charge >= 0.3 is 0 Å². The van der Waals surface area contributed by atoms with Crippen LogP contribution >= 0.6 is 22.6 Å².